The number of hydrogen-bond donors (Lipinski definition) is 1. The Bertz CT molecular complexity index is 1140. The Labute approximate surface area is 177 Å². The first-order valence-corrected chi connectivity index (χ1v) is 9.67. The highest BCUT2D eigenvalue weighted by Crippen LogP contribution is 2.27. The van der Waals surface area contributed by atoms with Crippen LogP contribution in [0.2, 0.25) is 10.0 Å². The van der Waals surface area contributed by atoms with Crippen molar-refractivity contribution in [3.05, 3.63) is 100 Å². The molecule has 3 aromatic carbocycles. The van der Waals surface area contributed by atoms with Crippen molar-refractivity contribution in [1.82, 2.24) is 20.1 Å². The summed E-state index contributed by atoms with van der Waals surface area (Å²) in [7, 11) is 0. The monoisotopic (exact) mass is 422 g/mol. The first-order valence-electron chi connectivity index (χ1n) is 8.92. The zero-order chi connectivity index (χ0) is 20.2. The second-order valence-corrected chi connectivity index (χ2v) is 7.12. The fourth-order valence-electron chi connectivity index (χ4n) is 2.84. The van der Waals surface area contributed by atoms with E-state index in [0.29, 0.717) is 28.1 Å². The van der Waals surface area contributed by atoms with Crippen molar-refractivity contribution in [2.45, 2.75) is 6.54 Å². The highest BCUT2D eigenvalue weighted by Gasteiger charge is 2.19. The van der Waals surface area contributed by atoms with Gasteiger partial charge in [-0.2, -0.15) is 0 Å². The Balaban J connectivity index is 1.69. The SMILES string of the molecule is O=C(NCc1ccccc1)c1nc(-c2ccccc2)n(-c2ccc(Cl)c(Cl)c2)n1. The van der Waals surface area contributed by atoms with Crippen LogP contribution in [0.4, 0.5) is 0 Å². The normalized spacial score (nSPS) is 10.7. The molecule has 0 fully saturated rings. The Morgan fingerprint density at radius 1 is 0.897 bits per heavy atom. The Morgan fingerprint density at radius 2 is 1.59 bits per heavy atom. The number of carbonyl (C=O) groups is 1. The van der Waals surface area contributed by atoms with Crippen LogP contribution in [-0.4, -0.2) is 20.7 Å². The molecule has 1 heterocycles. The molecule has 0 aliphatic rings. The third kappa shape index (κ3) is 4.31. The molecule has 4 rings (SSSR count). The largest absolute Gasteiger partial charge is 0.345 e. The molecule has 1 aromatic heterocycles. The molecule has 0 bridgehead atoms. The smallest absolute Gasteiger partial charge is 0.291 e. The molecule has 5 nitrogen and oxygen atoms in total. The maximum absolute atomic E-state index is 12.7. The van der Waals surface area contributed by atoms with Crippen LogP contribution in [0.3, 0.4) is 0 Å². The molecule has 4 aromatic rings. The lowest BCUT2D eigenvalue weighted by molar-refractivity contribution is 0.0940. The van der Waals surface area contributed by atoms with E-state index in [-0.39, 0.29) is 11.7 Å². The number of hydrogen-bond acceptors (Lipinski definition) is 3. The lowest BCUT2D eigenvalue weighted by Crippen LogP contribution is -2.24. The minimum Gasteiger partial charge on any atom is -0.345 e. The summed E-state index contributed by atoms with van der Waals surface area (Å²) in [6.07, 6.45) is 0. The van der Waals surface area contributed by atoms with Crippen molar-refractivity contribution in [3.8, 4) is 17.1 Å². The van der Waals surface area contributed by atoms with E-state index < -0.39 is 0 Å². The molecule has 0 saturated carbocycles. The van der Waals surface area contributed by atoms with Crippen LogP contribution in [-0.2, 0) is 6.54 Å². The minimum atomic E-state index is -0.357. The standard InChI is InChI=1S/C22H16Cl2N4O/c23-18-12-11-17(13-19(18)24)28-21(16-9-5-2-6-10-16)26-20(27-28)22(29)25-14-15-7-3-1-4-8-15/h1-13H,14H2,(H,25,29). The number of nitrogens with zero attached hydrogens (tertiary/aromatic N) is 3. The van der Waals surface area contributed by atoms with Gasteiger partial charge in [0, 0.05) is 12.1 Å². The van der Waals surface area contributed by atoms with Gasteiger partial charge in [0.2, 0.25) is 5.82 Å². The number of halogens is 2. The topological polar surface area (TPSA) is 59.8 Å². The molecular weight excluding hydrogens is 407 g/mol. The van der Waals surface area contributed by atoms with Gasteiger partial charge in [0.05, 0.1) is 15.7 Å². The number of aromatic nitrogens is 3. The average molecular weight is 423 g/mol. The van der Waals surface area contributed by atoms with Gasteiger partial charge in [-0.3, -0.25) is 4.79 Å². The van der Waals surface area contributed by atoms with E-state index in [1.54, 1.807) is 22.9 Å². The molecule has 0 aliphatic heterocycles. The third-order valence-corrected chi connectivity index (χ3v) is 5.02. The van der Waals surface area contributed by atoms with Crippen molar-refractivity contribution in [1.29, 1.82) is 0 Å². The predicted octanol–water partition coefficient (Wildman–Crippen LogP) is 5.17. The lowest BCUT2D eigenvalue weighted by Gasteiger charge is -2.07. The Kier molecular flexibility index (Phi) is 5.60. The molecule has 0 atom stereocenters. The summed E-state index contributed by atoms with van der Waals surface area (Å²) in [6.45, 7) is 0.391. The Hall–Kier alpha value is -3.15. The third-order valence-electron chi connectivity index (χ3n) is 4.29. The van der Waals surface area contributed by atoms with Gasteiger partial charge in [-0.25, -0.2) is 9.67 Å². The van der Waals surface area contributed by atoms with Crippen LogP contribution >= 0.6 is 23.2 Å². The molecule has 144 valence electrons. The van der Waals surface area contributed by atoms with Crippen LogP contribution in [0.25, 0.3) is 17.1 Å². The molecule has 1 N–H and O–H groups in total. The van der Waals surface area contributed by atoms with Gasteiger partial charge in [0.15, 0.2) is 5.82 Å². The minimum absolute atomic E-state index is 0.0749. The predicted molar refractivity (Wildman–Crippen MR) is 114 cm³/mol. The van der Waals surface area contributed by atoms with E-state index in [2.05, 4.69) is 15.4 Å². The Morgan fingerprint density at radius 3 is 2.28 bits per heavy atom. The summed E-state index contributed by atoms with van der Waals surface area (Å²) >= 11 is 12.2. The van der Waals surface area contributed by atoms with Crippen LogP contribution in [0.1, 0.15) is 16.2 Å². The fraction of sp³-hybridized carbons (Fsp3) is 0.0455. The molecule has 7 heteroatoms. The molecule has 0 saturated heterocycles. The van der Waals surface area contributed by atoms with Gasteiger partial charge < -0.3 is 5.32 Å². The van der Waals surface area contributed by atoms with Gasteiger partial charge in [-0.05, 0) is 23.8 Å². The first kappa shape index (κ1) is 19.2. The molecule has 1 amide bonds. The molecule has 0 radical (unpaired) electrons. The number of carbonyl (C=O) groups excluding carboxylic acids is 1. The second kappa shape index (κ2) is 8.47. The van der Waals surface area contributed by atoms with Crippen LogP contribution in [0, 0.1) is 0 Å². The van der Waals surface area contributed by atoms with Crippen LogP contribution in [0.5, 0.6) is 0 Å². The van der Waals surface area contributed by atoms with Crippen molar-refractivity contribution in [2.24, 2.45) is 0 Å². The van der Waals surface area contributed by atoms with E-state index in [9.17, 15) is 4.79 Å². The zero-order valence-corrected chi connectivity index (χ0v) is 16.7. The highest BCUT2D eigenvalue weighted by molar-refractivity contribution is 6.42. The molecule has 0 spiro atoms. The van der Waals surface area contributed by atoms with E-state index in [0.717, 1.165) is 11.1 Å². The van der Waals surface area contributed by atoms with Gasteiger partial charge in [-0.1, -0.05) is 83.9 Å². The fourth-order valence-corrected chi connectivity index (χ4v) is 3.13. The summed E-state index contributed by atoms with van der Waals surface area (Å²) in [6, 6.07) is 24.3. The van der Waals surface area contributed by atoms with E-state index in [1.807, 2.05) is 60.7 Å². The molecule has 0 aliphatic carbocycles. The summed E-state index contributed by atoms with van der Waals surface area (Å²) in [5, 5.41) is 8.13. The van der Waals surface area contributed by atoms with E-state index in [4.69, 9.17) is 23.2 Å². The van der Waals surface area contributed by atoms with Crippen LogP contribution < -0.4 is 5.32 Å². The van der Waals surface area contributed by atoms with Crippen molar-refractivity contribution < 1.29 is 4.79 Å². The average Bonchev–Trinajstić information content (AvgIpc) is 3.21. The zero-order valence-electron chi connectivity index (χ0n) is 15.2. The summed E-state index contributed by atoms with van der Waals surface area (Å²) in [5.74, 6) is 0.254. The van der Waals surface area contributed by atoms with E-state index in [1.165, 1.54) is 0 Å². The van der Waals surface area contributed by atoms with Crippen molar-refractivity contribution in [2.75, 3.05) is 0 Å². The van der Waals surface area contributed by atoms with Gasteiger partial charge in [-0.15, -0.1) is 5.10 Å². The van der Waals surface area contributed by atoms with Crippen molar-refractivity contribution >= 4 is 29.1 Å². The number of amides is 1. The van der Waals surface area contributed by atoms with Gasteiger partial charge >= 0.3 is 0 Å². The molecule has 29 heavy (non-hydrogen) atoms. The lowest BCUT2D eigenvalue weighted by atomic mass is 10.2. The van der Waals surface area contributed by atoms with Gasteiger partial charge in [0.25, 0.3) is 5.91 Å². The summed E-state index contributed by atoms with van der Waals surface area (Å²) in [5.41, 5.74) is 2.48. The highest BCUT2D eigenvalue weighted by atomic mass is 35.5. The first-order chi connectivity index (χ1) is 14.1. The van der Waals surface area contributed by atoms with Crippen LogP contribution in [0.15, 0.2) is 78.9 Å². The second-order valence-electron chi connectivity index (χ2n) is 6.30. The quantitative estimate of drug-likeness (QED) is 0.482. The summed E-state index contributed by atoms with van der Waals surface area (Å²) in [4.78, 5) is 17.2. The number of nitrogens with one attached hydrogen (secondary N) is 1. The van der Waals surface area contributed by atoms with E-state index >= 15 is 0 Å². The molecule has 0 unspecified atom stereocenters. The summed E-state index contributed by atoms with van der Waals surface area (Å²) < 4.78 is 1.59. The van der Waals surface area contributed by atoms with Crippen molar-refractivity contribution in [3.63, 3.8) is 0 Å². The number of benzene rings is 3. The molecular formula is C22H16Cl2N4O. The maximum atomic E-state index is 12.7. The maximum Gasteiger partial charge on any atom is 0.291 e. The number of rotatable bonds is 5. The van der Waals surface area contributed by atoms with Gasteiger partial charge in [0.1, 0.15) is 0 Å².